The van der Waals surface area contributed by atoms with Crippen molar-refractivity contribution in [2.75, 3.05) is 32.7 Å². The number of likely N-dealkylation sites (tertiary alicyclic amines) is 1. The van der Waals surface area contributed by atoms with Gasteiger partial charge in [0.1, 0.15) is 0 Å². The van der Waals surface area contributed by atoms with Crippen molar-refractivity contribution in [1.82, 2.24) is 15.5 Å². The first-order valence-corrected chi connectivity index (χ1v) is 10.0. The summed E-state index contributed by atoms with van der Waals surface area (Å²) in [6, 6.07) is 9.31. The number of hydrogen-bond donors (Lipinski definition) is 2. The summed E-state index contributed by atoms with van der Waals surface area (Å²) in [4.78, 5) is 7.38. The fourth-order valence-electron chi connectivity index (χ4n) is 3.25. The molecule has 0 bridgehead atoms. The summed E-state index contributed by atoms with van der Waals surface area (Å²) >= 11 is 0. The van der Waals surface area contributed by atoms with Gasteiger partial charge in [0.25, 0.3) is 0 Å². The SMILES string of the molecule is CCCCN1CCC(NC(=NCCc2ccc(C)cc2)NCC)CC1.I. The van der Waals surface area contributed by atoms with Gasteiger partial charge in [0, 0.05) is 32.2 Å². The Morgan fingerprint density at radius 1 is 1.15 bits per heavy atom. The van der Waals surface area contributed by atoms with Gasteiger partial charge in [-0.3, -0.25) is 4.99 Å². The summed E-state index contributed by atoms with van der Waals surface area (Å²) in [7, 11) is 0. The molecule has 2 N–H and O–H groups in total. The quantitative estimate of drug-likeness (QED) is 0.342. The van der Waals surface area contributed by atoms with Crippen LogP contribution in [0.5, 0.6) is 0 Å². The Labute approximate surface area is 177 Å². The molecule has 1 aliphatic rings. The van der Waals surface area contributed by atoms with Crippen LogP contribution in [0.25, 0.3) is 0 Å². The van der Waals surface area contributed by atoms with Crippen LogP contribution in [0.4, 0.5) is 0 Å². The van der Waals surface area contributed by atoms with Crippen molar-refractivity contribution in [2.24, 2.45) is 4.99 Å². The summed E-state index contributed by atoms with van der Waals surface area (Å²) < 4.78 is 0. The minimum Gasteiger partial charge on any atom is -0.357 e. The van der Waals surface area contributed by atoms with Gasteiger partial charge in [-0.15, -0.1) is 24.0 Å². The van der Waals surface area contributed by atoms with E-state index in [0.29, 0.717) is 6.04 Å². The molecule has 1 aromatic carbocycles. The summed E-state index contributed by atoms with van der Waals surface area (Å²) in [6.45, 7) is 11.9. The number of aliphatic imine (C=N–C) groups is 1. The molecule has 4 nitrogen and oxygen atoms in total. The number of unbranched alkanes of at least 4 members (excludes halogenated alkanes) is 1. The Hall–Kier alpha value is -0.820. The molecule has 1 fully saturated rings. The number of aryl methyl sites for hydroxylation is 1. The molecule has 0 saturated carbocycles. The number of benzene rings is 1. The minimum absolute atomic E-state index is 0. The highest BCUT2D eigenvalue weighted by Gasteiger charge is 2.19. The Balaban J connectivity index is 0.00000338. The molecule has 0 atom stereocenters. The second-order valence-electron chi connectivity index (χ2n) is 7.11. The highest BCUT2D eigenvalue weighted by molar-refractivity contribution is 14.0. The number of halogens is 1. The normalized spacial score (nSPS) is 16.2. The molecule has 5 heteroatoms. The van der Waals surface area contributed by atoms with Crippen molar-refractivity contribution in [3.05, 3.63) is 35.4 Å². The summed E-state index contributed by atoms with van der Waals surface area (Å²) in [5, 5.41) is 7.04. The van der Waals surface area contributed by atoms with Crippen LogP contribution in [0.2, 0.25) is 0 Å². The smallest absolute Gasteiger partial charge is 0.191 e. The molecule has 0 radical (unpaired) electrons. The summed E-state index contributed by atoms with van der Waals surface area (Å²) in [6.07, 6.45) is 6.03. The highest BCUT2D eigenvalue weighted by atomic mass is 127. The van der Waals surface area contributed by atoms with Gasteiger partial charge in [0.15, 0.2) is 5.96 Å². The second kappa shape index (κ2) is 13.4. The third-order valence-electron chi connectivity index (χ3n) is 4.89. The number of nitrogens with zero attached hydrogens (tertiary/aromatic N) is 2. The maximum absolute atomic E-state index is 4.77. The molecule has 1 aromatic rings. The lowest BCUT2D eigenvalue weighted by Crippen LogP contribution is -2.48. The van der Waals surface area contributed by atoms with E-state index >= 15 is 0 Å². The van der Waals surface area contributed by atoms with Crippen LogP contribution in [0.3, 0.4) is 0 Å². The van der Waals surface area contributed by atoms with E-state index in [1.807, 2.05) is 0 Å². The molecule has 0 spiro atoms. The first kappa shape index (κ1) is 23.2. The van der Waals surface area contributed by atoms with E-state index in [1.54, 1.807) is 0 Å². The van der Waals surface area contributed by atoms with Crippen molar-refractivity contribution in [2.45, 2.75) is 58.9 Å². The zero-order valence-corrected chi connectivity index (χ0v) is 19.1. The molecule has 1 heterocycles. The van der Waals surface area contributed by atoms with Gasteiger partial charge in [0.05, 0.1) is 0 Å². The van der Waals surface area contributed by atoms with Crippen LogP contribution in [0.15, 0.2) is 29.3 Å². The molecular formula is C21H37IN4. The first-order valence-electron chi connectivity index (χ1n) is 10.0. The Kier molecular flexibility index (Phi) is 11.9. The molecule has 0 aliphatic carbocycles. The largest absolute Gasteiger partial charge is 0.357 e. The lowest BCUT2D eigenvalue weighted by atomic mass is 10.0. The maximum atomic E-state index is 4.77. The molecule has 1 aliphatic heterocycles. The molecular weight excluding hydrogens is 435 g/mol. The standard InChI is InChI=1S/C21H36N4.HI/c1-4-6-15-25-16-12-20(13-17-25)24-21(22-5-2)23-14-11-19-9-7-18(3)8-10-19;/h7-10,20H,4-6,11-17H2,1-3H3,(H2,22,23,24);1H. The van der Waals surface area contributed by atoms with Crippen molar-refractivity contribution >= 4 is 29.9 Å². The zero-order valence-electron chi connectivity index (χ0n) is 16.8. The number of rotatable bonds is 8. The molecule has 148 valence electrons. The zero-order chi connectivity index (χ0) is 17.9. The van der Waals surface area contributed by atoms with Gasteiger partial charge >= 0.3 is 0 Å². The van der Waals surface area contributed by atoms with E-state index in [1.165, 1.54) is 56.4 Å². The number of guanidine groups is 1. The predicted octanol–water partition coefficient (Wildman–Crippen LogP) is 3.98. The Morgan fingerprint density at radius 2 is 1.85 bits per heavy atom. The lowest BCUT2D eigenvalue weighted by molar-refractivity contribution is 0.203. The molecule has 26 heavy (non-hydrogen) atoms. The van der Waals surface area contributed by atoms with E-state index in [0.717, 1.165) is 25.5 Å². The van der Waals surface area contributed by atoms with Crippen LogP contribution in [0.1, 0.15) is 50.7 Å². The minimum atomic E-state index is 0. The van der Waals surface area contributed by atoms with Gasteiger partial charge in [-0.1, -0.05) is 43.2 Å². The van der Waals surface area contributed by atoms with Crippen LogP contribution in [-0.2, 0) is 6.42 Å². The number of hydrogen-bond acceptors (Lipinski definition) is 2. The molecule has 0 amide bonds. The van der Waals surface area contributed by atoms with Gasteiger partial charge < -0.3 is 15.5 Å². The van der Waals surface area contributed by atoms with Crippen LogP contribution in [-0.4, -0.2) is 49.6 Å². The van der Waals surface area contributed by atoms with Gasteiger partial charge in [-0.2, -0.15) is 0 Å². The predicted molar refractivity (Wildman–Crippen MR) is 124 cm³/mol. The number of piperidine rings is 1. The Morgan fingerprint density at radius 3 is 2.46 bits per heavy atom. The van der Waals surface area contributed by atoms with Crippen LogP contribution >= 0.6 is 24.0 Å². The van der Waals surface area contributed by atoms with Gasteiger partial charge in [-0.05, 0) is 51.6 Å². The average Bonchev–Trinajstić information content (AvgIpc) is 2.63. The van der Waals surface area contributed by atoms with Crippen LogP contribution in [0, 0.1) is 6.92 Å². The fraction of sp³-hybridized carbons (Fsp3) is 0.667. The van der Waals surface area contributed by atoms with Crippen LogP contribution < -0.4 is 10.6 Å². The van der Waals surface area contributed by atoms with Crippen molar-refractivity contribution in [3.63, 3.8) is 0 Å². The average molecular weight is 472 g/mol. The maximum Gasteiger partial charge on any atom is 0.191 e. The van der Waals surface area contributed by atoms with E-state index in [4.69, 9.17) is 4.99 Å². The molecule has 2 rings (SSSR count). The van der Waals surface area contributed by atoms with Crippen molar-refractivity contribution < 1.29 is 0 Å². The van der Waals surface area contributed by atoms with Crippen molar-refractivity contribution in [3.8, 4) is 0 Å². The van der Waals surface area contributed by atoms with Gasteiger partial charge in [-0.25, -0.2) is 0 Å². The lowest BCUT2D eigenvalue weighted by Gasteiger charge is -2.33. The monoisotopic (exact) mass is 472 g/mol. The molecule has 1 saturated heterocycles. The topological polar surface area (TPSA) is 39.7 Å². The van der Waals surface area contributed by atoms with E-state index in [-0.39, 0.29) is 24.0 Å². The highest BCUT2D eigenvalue weighted by Crippen LogP contribution is 2.11. The number of nitrogens with one attached hydrogen (secondary N) is 2. The third-order valence-corrected chi connectivity index (χ3v) is 4.89. The van der Waals surface area contributed by atoms with Crippen molar-refractivity contribution in [1.29, 1.82) is 0 Å². The summed E-state index contributed by atoms with van der Waals surface area (Å²) in [5.74, 6) is 0.974. The van der Waals surface area contributed by atoms with E-state index in [9.17, 15) is 0 Å². The Bertz CT molecular complexity index is 507. The summed E-state index contributed by atoms with van der Waals surface area (Å²) in [5.41, 5.74) is 2.67. The van der Waals surface area contributed by atoms with E-state index in [2.05, 4.69) is 60.6 Å². The van der Waals surface area contributed by atoms with E-state index < -0.39 is 0 Å². The first-order chi connectivity index (χ1) is 12.2. The third kappa shape index (κ3) is 8.71. The molecule has 0 aromatic heterocycles. The fourth-order valence-corrected chi connectivity index (χ4v) is 3.25. The molecule has 0 unspecified atom stereocenters. The second-order valence-corrected chi connectivity index (χ2v) is 7.11. The van der Waals surface area contributed by atoms with Gasteiger partial charge in [0.2, 0.25) is 0 Å².